The predicted octanol–water partition coefficient (Wildman–Crippen LogP) is 3.85. The fourth-order valence-corrected chi connectivity index (χ4v) is 4.64. The van der Waals surface area contributed by atoms with E-state index in [4.69, 9.17) is 0 Å². The molecule has 1 heterocycles. The van der Waals surface area contributed by atoms with E-state index < -0.39 is 17.5 Å². The van der Waals surface area contributed by atoms with Crippen LogP contribution in [0.3, 0.4) is 0 Å². The Morgan fingerprint density at radius 3 is 2.73 bits per heavy atom. The Kier molecular flexibility index (Phi) is 6.26. The molecule has 1 aromatic heterocycles. The Balaban J connectivity index is 1.49. The standard InChI is InChI=1S/C18H18F2N2O2S2/c19-12-6-7-13(20)15(9-12)25-10-17(23)21-22-18(24)16-8-11-4-2-1-3-5-14(11)26-16/h6-9H,1-5,10H2,(H,21,23)(H,22,24). The van der Waals surface area contributed by atoms with Crippen LogP contribution in [0.1, 0.15) is 39.4 Å². The van der Waals surface area contributed by atoms with E-state index in [2.05, 4.69) is 10.9 Å². The summed E-state index contributed by atoms with van der Waals surface area (Å²) in [4.78, 5) is 25.9. The zero-order valence-corrected chi connectivity index (χ0v) is 15.6. The number of nitrogens with one attached hydrogen (secondary N) is 2. The number of hydrazine groups is 1. The molecule has 0 radical (unpaired) electrons. The molecule has 2 N–H and O–H groups in total. The van der Waals surface area contributed by atoms with Gasteiger partial charge < -0.3 is 0 Å². The van der Waals surface area contributed by atoms with Gasteiger partial charge in [-0.2, -0.15) is 0 Å². The number of amides is 2. The molecule has 0 spiro atoms. The van der Waals surface area contributed by atoms with Crippen LogP contribution >= 0.6 is 23.1 Å². The number of halogens is 2. The summed E-state index contributed by atoms with van der Waals surface area (Å²) in [6.07, 6.45) is 5.47. The van der Waals surface area contributed by atoms with Crippen LogP contribution in [0.2, 0.25) is 0 Å². The summed E-state index contributed by atoms with van der Waals surface area (Å²) in [5, 5.41) is 0. The van der Waals surface area contributed by atoms with Gasteiger partial charge in [0.1, 0.15) is 11.6 Å². The molecule has 8 heteroatoms. The summed E-state index contributed by atoms with van der Waals surface area (Å²) in [6.45, 7) is 0. The third kappa shape index (κ3) is 4.82. The van der Waals surface area contributed by atoms with Crippen molar-refractivity contribution >= 4 is 34.9 Å². The number of aryl methyl sites for hydroxylation is 2. The first kappa shape index (κ1) is 18.8. The average Bonchev–Trinajstić information content (AvgIpc) is 2.91. The van der Waals surface area contributed by atoms with Gasteiger partial charge in [-0.05, 0) is 55.5 Å². The second-order valence-electron chi connectivity index (χ2n) is 5.99. The highest BCUT2D eigenvalue weighted by Gasteiger charge is 2.17. The first-order valence-corrected chi connectivity index (χ1v) is 10.1. The normalized spacial score (nSPS) is 13.6. The Labute approximate surface area is 158 Å². The van der Waals surface area contributed by atoms with Crippen LogP contribution in [0, 0.1) is 11.6 Å². The van der Waals surface area contributed by atoms with Gasteiger partial charge in [-0.25, -0.2) is 8.78 Å². The fourth-order valence-electron chi connectivity index (χ4n) is 2.73. The minimum Gasteiger partial charge on any atom is -0.272 e. The van der Waals surface area contributed by atoms with Crippen molar-refractivity contribution in [3.63, 3.8) is 0 Å². The van der Waals surface area contributed by atoms with Gasteiger partial charge >= 0.3 is 0 Å². The van der Waals surface area contributed by atoms with Crippen molar-refractivity contribution in [2.75, 3.05) is 5.75 Å². The zero-order chi connectivity index (χ0) is 18.5. The monoisotopic (exact) mass is 396 g/mol. The maximum atomic E-state index is 13.5. The lowest BCUT2D eigenvalue weighted by Gasteiger charge is -2.07. The molecule has 138 valence electrons. The minimum absolute atomic E-state index is 0.0495. The summed E-state index contributed by atoms with van der Waals surface area (Å²) in [6, 6.07) is 4.95. The van der Waals surface area contributed by atoms with Gasteiger partial charge in [0.15, 0.2) is 0 Å². The second-order valence-corrected chi connectivity index (χ2v) is 8.14. The van der Waals surface area contributed by atoms with E-state index in [1.807, 2.05) is 6.07 Å². The van der Waals surface area contributed by atoms with E-state index >= 15 is 0 Å². The molecule has 3 rings (SSSR count). The van der Waals surface area contributed by atoms with Gasteiger partial charge in [-0.1, -0.05) is 6.42 Å². The Morgan fingerprint density at radius 2 is 1.88 bits per heavy atom. The fraction of sp³-hybridized carbons (Fsp3) is 0.333. The van der Waals surface area contributed by atoms with Crippen molar-refractivity contribution < 1.29 is 18.4 Å². The number of hydrogen-bond acceptors (Lipinski definition) is 4. The summed E-state index contributed by atoms with van der Waals surface area (Å²) in [7, 11) is 0. The molecule has 0 aliphatic heterocycles. The van der Waals surface area contributed by atoms with Crippen molar-refractivity contribution in [3.05, 3.63) is 51.2 Å². The molecule has 1 aliphatic rings. The van der Waals surface area contributed by atoms with Gasteiger partial charge in [0.25, 0.3) is 5.91 Å². The van der Waals surface area contributed by atoms with Gasteiger partial charge in [-0.15, -0.1) is 23.1 Å². The van der Waals surface area contributed by atoms with Crippen LogP contribution in [0.4, 0.5) is 8.78 Å². The molecular formula is C18H18F2N2O2S2. The molecule has 0 bridgehead atoms. The van der Waals surface area contributed by atoms with E-state index in [0.717, 1.165) is 55.6 Å². The molecule has 0 saturated carbocycles. The van der Waals surface area contributed by atoms with Crippen molar-refractivity contribution in [1.29, 1.82) is 0 Å². The third-order valence-electron chi connectivity index (χ3n) is 4.04. The first-order chi connectivity index (χ1) is 12.5. The molecular weight excluding hydrogens is 378 g/mol. The molecule has 2 aromatic rings. The van der Waals surface area contributed by atoms with Crippen molar-refractivity contribution in [2.24, 2.45) is 0 Å². The lowest BCUT2D eigenvalue weighted by molar-refractivity contribution is -0.119. The molecule has 26 heavy (non-hydrogen) atoms. The Morgan fingerprint density at radius 1 is 1.08 bits per heavy atom. The van der Waals surface area contributed by atoms with Gasteiger partial charge in [-0.3, -0.25) is 20.4 Å². The molecule has 1 aromatic carbocycles. The Bertz CT molecular complexity index is 800. The second kappa shape index (κ2) is 8.64. The molecule has 4 nitrogen and oxygen atoms in total. The number of fused-ring (bicyclic) bond motifs is 1. The highest BCUT2D eigenvalue weighted by atomic mass is 32.2. The number of carbonyl (C=O) groups excluding carboxylic acids is 2. The predicted molar refractivity (Wildman–Crippen MR) is 98.3 cm³/mol. The van der Waals surface area contributed by atoms with Crippen LogP contribution in [0.5, 0.6) is 0 Å². The van der Waals surface area contributed by atoms with E-state index in [0.29, 0.717) is 4.88 Å². The quantitative estimate of drug-likeness (QED) is 0.469. The largest absolute Gasteiger partial charge is 0.279 e. The number of carbonyl (C=O) groups is 2. The maximum Gasteiger partial charge on any atom is 0.279 e. The van der Waals surface area contributed by atoms with E-state index in [9.17, 15) is 18.4 Å². The summed E-state index contributed by atoms with van der Waals surface area (Å²) in [5.41, 5.74) is 5.91. The highest BCUT2D eigenvalue weighted by molar-refractivity contribution is 8.00. The van der Waals surface area contributed by atoms with Crippen LogP contribution in [0.15, 0.2) is 29.2 Å². The zero-order valence-electron chi connectivity index (χ0n) is 13.9. The topological polar surface area (TPSA) is 58.2 Å². The maximum absolute atomic E-state index is 13.5. The first-order valence-electron chi connectivity index (χ1n) is 8.31. The van der Waals surface area contributed by atoms with Crippen molar-refractivity contribution in [3.8, 4) is 0 Å². The number of benzene rings is 1. The summed E-state index contributed by atoms with van der Waals surface area (Å²) >= 11 is 2.33. The van der Waals surface area contributed by atoms with Crippen LogP contribution in [-0.2, 0) is 17.6 Å². The van der Waals surface area contributed by atoms with Crippen molar-refractivity contribution in [2.45, 2.75) is 37.0 Å². The van der Waals surface area contributed by atoms with Gasteiger partial charge in [0.2, 0.25) is 5.91 Å². The molecule has 0 unspecified atom stereocenters. The van der Waals surface area contributed by atoms with E-state index in [1.54, 1.807) is 0 Å². The summed E-state index contributed by atoms with van der Waals surface area (Å²) < 4.78 is 26.6. The van der Waals surface area contributed by atoms with Gasteiger partial charge in [0, 0.05) is 9.77 Å². The number of hydrogen-bond donors (Lipinski definition) is 2. The SMILES string of the molecule is O=C(CSc1cc(F)ccc1F)NNC(=O)c1cc2c(s1)CCCCC2. The van der Waals surface area contributed by atoms with Crippen molar-refractivity contribution in [1.82, 2.24) is 10.9 Å². The summed E-state index contributed by atoms with van der Waals surface area (Å²) in [5.74, 6) is -2.15. The van der Waals surface area contributed by atoms with Gasteiger partial charge in [0.05, 0.1) is 10.6 Å². The molecule has 0 saturated heterocycles. The van der Waals surface area contributed by atoms with E-state index in [-0.39, 0.29) is 16.6 Å². The molecule has 2 amide bonds. The number of thiophene rings is 1. The average molecular weight is 396 g/mol. The third-order valence-corrected chi connectivity index (χ3v) is 6.30. The number of rotatable bonds is 4. The number of thioether (sulfide) groups is 1. The molecule has 1 aliphatic carbocycles. The Hall–Kier alpha value is -1.93. The van der Waals surface area contributed by atoms with Crippen LogP contribution < -0.4 is 10.9 Å². The van der Waals surface area contributed by atoms with Crippen LogP contribution in [-0.4, -0.2) is 17.6 Å². The smallest absolute Gasteiger partial charge is 0.272 e. The molecule has 0 fully saturated rings. The van der Waals surface area contributed by atoms with E-state index in [1.165, 1.54) is 28.2 Å². The lowest BCUT2D eigenvalue weighted by Crippen LogP contribution is -2.42. The highest BCUT2D eigenvalue weighted by Crippen LogP contribution is 2.28. The minimum atomic E-state index is -0.590. The lowest BCUT2D eigenvalue weighted by atomic mass is 10.1. The molecule has 0 atom stereocenters. The van der Waals surface area contributed by atoms with Crippen LogP contribution in [0.25, 0.3) is 0 Å².